The fourth-order valence-corrected chi connectivity index (χ4v) is 3.28. The highest BCUT2D eigenvalue weighted by Crippen LogP contribution is 2.19. The Kier molecular flexibility index (Phi) is 5.58. The SMILES string of the molecule is Cc1ccc(S(=O)(=O)NC(C)C(=O)Nc2ccc(F)c(Cl)c2)cc1. The van der Waals surface area contributed by atoms with Gasteiger partial charge >= 0.3 is 0 Å². The van der Waals surface area contributed by atoms with E-state index in [4.69, 9.17) is 11.6 Å². The molecule has 0 saturated heterocycles. The highest BCUT2D eigenvalue weighted by atomic mass is 35.5. The van der Waals surface area contributed by atoms with Crippen molar-refractivity contribution in [2.24, 2.45) is 0 Å². The Morgan fingerprint density at radius 1 is 1.17 bits per heavy atom. The van der Waals surface area contributed by atoms with Crippen LogP contribution in [0.3, 0.4) is 0 Å². The molecule has 0 bridgehead atoms. The van der Waals surface area contributed by atoms with Gasteiger partial charge in [0, 0.05) is 5.69 Å². The Hall–Kier alpha value is -1.96. The number of anilines is 1. The van der Waals surface area contributed by atoms with Crippen LogP contribution in [0.2, 0.25) is 5.02 Å². The third-order valence-electron chi connectivity index (χ3n) is 3.24. The first-order valence-corrected chi connectivity index (χ1v) is 8.90. The lowest BCUT2D eigenvalue weighted by atomic mass is 10.2. The molecule has 1 unspecified atom stereocenters. The molecule has 8 heteroatoms. The van der Waals surface area contributed by atoms with E-state index in [-0.39, 0.29) is 15.6 Å². The summed E-state index contributed by atoms with van der Waals surface area (Å²) in [4.78, 5) is 12.2. The first kappa shape index (κ1) is 18.4. The van der Waals surface area contributed by atoms with Crippen molar-refractivity contribution < 1.29 is 17.6 Å². The molecule has 0 aromatic heterocycles. The predicted molar refractivity (Wildman–Crippen MR) is 91.0 cm³/mol. The van der Waals surface area contributed by atoms with E-state index in [0.717, 1.165) is 11.6 Å². The van der Waals surface area contributed by atoms with Crippen molar-refractivity contribution in [2.45, 2.75) is 24.8 Å². The van der Waals surface area contributed by atoms with E-state index >= 15 is 0 Å². The van der Waals surface area contributed by atoms with E-state index in [1.807, 2.05) is 6.92 Å². The molecule has 0 aliphatic heterocycles. The van der Waals surface area contributed by atoms with Gasteiger partial charge in [0.2, 0.25) is 15.9 Å². The molecule has 2 aromatic rings. The largest absolute Gasteiger partial charge is 0.325 e. The van der Waals surface area contributed by atoms with E-state index in [1.54, 1.807) is 12.1 Å². The lowest BCUT2D eigenvalue weighted by Crippen LogP contribution is -2.41. The number of sulfonamides is 1. The van der Waals surface area contributed by atoms with E-state index in [1.165, 1.54) is 31.2 Å². The minimum absolute atomic E-state index is 0.0672. The maximum atomic E-state index is 13.1. The van der Waals surface area contributed by atoms with Gasteiger partial charge in [-0.15, -0.1) is 0 Å². The second-order valence-electron chi connectivity index (χ2n) is 5.27. The molecule has 0 aliphatic carbocycles. The number of nitrogens with one attached hydrogen (secondary N) is 2. The number of hydrogen-bond acceptors (Lipinski definition) is 3. The molecule has 5 nitrogen and oxygen atoms in total. The van der Waals surface area contributed by atoms with Crippen LogP contribution in [-0.4, -0.2) is 20.4 Å². The van der Waals surface area contributed by atoms with Gasteiger partial charge in [0.05, 0.1) is 16.0 Å². The van der Waals surface area contributed by atoms with E-state index in [9.17, 15) is 17.6 Å². The topological polar surface area (TPSA) is 75.3 Å². The van der Waals surface area contributed by atoms with Crippen LogP contribution in [0.25, 0.3) is 0 Å². The Morgan fingerprint density at radius 2 is 1.79 bits per heavy atom. The maximum Gasteiger partial charge on any atom is 0.242 e. The lowest BCUT2D eigenvalue weighted by molar-refractivity contribution is -0.117. The number of aryl methyl sites for hydroxylation is 1. The second-order valence-corrected chi connectivity index (χ2v) is 7.40. The standard InChI is InChI=1S/C16H16ClFN2O3S/c1-10-3-6-13(7-4-10)24(22,23)20-11(2)16(21)19-12-5-8-15(18)14(17)9-12/h3-9,11,20H,1-2H3,(H,19,21). The summed E-state index contributed by atoms with van der Waals surface area (Å²) < 4.78 is 39.9. The van der Waals surface area contributed by atoms with Crippen LogP contribution in [0.5, 0.6) is 0 Å². The highest BCUT2D eigenvalue weighted by molar-refractivity contribution is 7.89. The molecule has 2 aromatic carbocycles. The number of rotatable bonds is 5. The summed E-state index contributed by atoms with van der Waals surface area (Å²) in [6, 6.07) is 8.92. The summed E-state index contributed by atoms with van der Waals surface area (Å²) in [6.07, 6.45) is 0. The summed E-state index contributed by atoms with van der Waals surface area (Å²) in [5, 5.41) is 2.34. The first-order valence-electron chi connectivity index (χ1n) is 7.04. The van der Waals surface area contributed by atoms with Crippen molar-refractivity contribution in [2.75, 3.05) is 5.32 Å². The van der Waals surface area contributed by atoms with Gasteiger partial charge in [-0.25, -0.2) is 12.8 Å². The van der Waals surface area contributed by atoms with Gasteiger partial charge in [0.25, 0.3) is 0 Å². The molecule has 24 heavy (non-hydrogen) atoms. The van der Waals surface area contributed by atoms with Gasteiger partial charge in [0.1, 0.15) is 5.82 Å². The summed E-state index contributed by atoms with van der Waals surface area (Å²) in [6.45, 7) is 3.25. The molecular weight excluding hydrogens is 355 g/mol. The Morgan fingerprint density at radius 3 is 2.38 bits per heavy atom. The molecule has 128 valence electrons. The van der Waals surface area contributed by atoms with Crippen molar-refractivity contribution in [3.63, 3.8) is 0 Å². The average molecular weight is 371 g/mol. The number of halogens is 2. The van der Waals surface area contributed by atoms with Crippen molar-refractivity contribution in [1.29, 1.82) is 0 Å². The number of benzene rings is 2. The third-order valence-corrected chi connectivity index (χ3v) is 5.09. The van der Waals surface area contributed by atoms with Crippen molar-refractivity contribution in [1.82, 2.24) is 4.72 Å². The molecule has 2 rings (SSSR count). The summed E-state index contributed by atoms with van der Waals surface area (Å²) in [5.41, 5.74) is 1.20. The molecule has 0 fully saturated rings. The molecule has 1 amide bonds. The minimum atomic E-state index is -3.83. The molecular formula is C16H16ClFN2O3S. The molecule has 0 heterocycles. The average Bonchev–Trinajstić information content (AvgIpc) is 2.51. The predicted octanol–water partition coefficient (Wildman–Crippen LogP) is 3.09. The smallest absolute Gasteiger partial charge is 0.242 e. The normalized spacial score (nSPS) is 12.7. The highest BCUT2D eigenvalue weighted by Gasteiger charge is 2.22. The number of carbonyl (C=O) groups excluding carboxylic acids is 1. The molecule has 2 N–H and O–H groups in total. The van der Waals surface area contributed by atoms with E-state index in [2.05, 4.69) is 10.0 Å². The molecule has 0 radical (unpaired) electrons. The van der Waals surface area contributed by atoms with Crippen LogP contribution in [0.1, 0.15) is 12.5 Å². The lowest BCUT2D eigenvalue weighted by Gasteiger charge is -2.15. The zero-order valence-corrected chi connectivity index (χ0v) is 14.6. The van der Waals surface area contributed by atoms with Crippen LogP contribution in [0, 0.1) is 12.7 Å². The zero-order chi connectivity index (χ0) is 17.9. The van der Waals surface area contributed by atoms with Crippen LogP contribution in [-0.2, 0) is 14.8 Å². The summed E-state index contributed by atoms with van der Waals surface area (Å²) in [7, 11) is -3.83. The van der Waals surface area contributed by atoms with Gasteiger partial charge in [0.15, 0.2) is 0 Å². The zero-order valence-electron chi connectivity index (χ0n) is 13.0. The monoisotopic (exact) mass is 370 g/mol. The fraction of sp³-hybridized carbons (Fsp3) is 0.188. The van der Waals surface area contributed by atoms with Crippen LogP contribution >= 0.6 is 11.6 Å². The van der Waals surface area contributed by atoms with Crippen LogP contribution in [0.15, 0.2) is 47.4 Å². The minimum Gasteiger partial charge on any atom is -0.325 e. The summed E-state index contributed by atoms with van der Waals surface area (Å²) >= 11 is 5.64. The van der Waals surface area contributed by atoms with Gasteiger partial charge in [-0.1, -0.05) is 29.3 Å². The Labute approximate surface area is 144 Å². The van der Waals surface area contributed by atoms with E-state index in [0.29, 0.717) is 0 Å². The van der Waals surface area contributed by atoms with Gasteiger partial charge in [-0.05, 0) is 44.2 Å². The maximum absolute atomic E-state index is 13.1. The van der Waals surface area contributed by atoms with Crippen molar-refractivity contribution >= 4 is 33.2 Å². The molecule has 0 aliphatic rings. The van der Waals surface area contributed by atoms with Gasteiger partial charge in [-0.2, -0.15) is 4.72 Å². The van der Waals surface area contributed by atoms with Crippen LogP contribution in [0.4, 0.5) is 10.1 Å². The second kappa shape index (κ2) is 7.29. The van der Waals surface area contributed by atoms with Gasteiger partial charge in [-0.3, -0.25) is 4.79 Å². The van der Waals surface area contributed by atoms with E-state index < -0.39 is 27.8 Å². The first-order chi connectivity index (χ1) is 11.2. The Bertz CT molecular complexity index is 854. The van der Waals surface area contributed by atoms with Gasteiger partial charge < -0.3 is 5.32 Å². The third kappa shape index (κ3) is 4.53. The number of hydrogen-bond donors (Lipinski definition) is 2. The number of carbonyl (C=O) groups is 1. The van der Waals surface area contributed by atoms with Crippen molar-refractivity contribution in [3.05, 3.63) is 58.9 Å². The molecule has 0 spiro atoms. The summed E-state index contributed by atoms with van der Waals surface area (Å²) in [5.74, 6) is -1.20. The number of amides is 1. The quantitative estimate of drug-likeness (QED) is 0.849. The van der Waals surface area contributed by atoms with Crippen molar-refractivity contribution in [3.8, 4) is 0 Å². The fourth-order valence-electron chi connectivity index (χ4n) is 1.90. The molecule has 1 atom stereocenters. The van der Waals surface area contributed by atoms with Crippen LogP contribution < -0.4 is 10.0 Å². The molecule has 0 saturated carbocycles. The Balaban J connectivity index is 2.07.